The molecule has 0 radical (unpaired) electrons. The van der Waals surface area contributed by atoms with Gasteiger partial charge in [0.1, 0.15) is 11.6 Å². The van der Waals surface area contributed by atoms with E-state index in [1.54, 1.807) is 30.3 Å². The number of hydrogen-bond donors (Lipinski definition) is 1. The molecule has 0 bridgehead atoms. The summed E-state index contributed by atoms with van der Waals surface area (Å²) in [7, 11) is 0. The molecule has 1 N–H and O–H groups in total. The lowest BCUT2D eigenvalue weighted by Gasteiger charge is -2.43. The Labute approximate surface area is 134 Å². The number of benzene rings is 2. The highest BCUT2D eigenvalue weighted by atomic mass is 19.1. The van der Waals surface area contributed by atoms with Crippen LogP contribution in [0.1, 0.15) is 43.2 Å². The molecular weight excluding hydrogens is 296 g/mol. The molecule has 2 atom stereocenters. The summed E-state index contributed by atoms with van der Waals surface area (Å²) >= 11 is 0. The molecule has 1 amide bonds. The van der Waals surface area contributed by atoms with Crippen LogP contribution in [-0.4, -0.2) is 11.4 Å². The molecule has 0 saturated carbocycles. The van der Waals surface area contributed by atoms with Gasteiger partial charge in [0.15, 0.2) is 0 Å². The van der Waals surface area contributed by atoms with E-state index in [4.69, 9.17) is 0 Å². The standard InChI is InChI=1S/C19H19F2NO/c1-19(2)16(12-7-9-13(20)10-8-12)11-15(18(23)22-19)14-5-3-4-6-17(14)21/h3-10,15-16H,11H2,1-2H3,(H,22,23)/t15-,16+/m1/s1. The minimum atomic E-state index is -0.542. The number of rotatable bonds is 2. The van der Waals surface area contributed by atoms with E-state index >= 15 is 0 Å². The Bertz CT molecular complexity index is 724. The third-order valence-electron chi connectivity index (χ3n) is 4.66. The van der Waals surface area contributed by atoms with Crippen molar-refractivity contribution in [2.75, 3.05) is 0 Å². The maximum atomic E-state index is 14.1. The summed E-state index contributed by atoms with van der Waals surface area (Å²) in [6.45, 7) is 3.88. The zero-order valence-corrected chi connectivity index (χ0v) is 13.1. The van der Waals surface area contributed by atoms with Crippen LogP contribution in [0, 0.1) is 11.6 Å². The maximum Gasteiger partial charge on any atom is 0.228 e. The van der Waals surface area contributed by atoms with Gasteiger partial charge in [-0.3, -0.25) is 4.79 Å². The van der Waals surface area contributed by atoms with Crippen molar-refractivity contribution in [3.8, 4) is 0 Å². The highest BCUT2D eigenvalue weighted by molar-refractivity contribution is 5.85. The first-order valence-electron chi connectivity index (χ1n) is 7.70. The molecule has 2 aromatic carbocycles. The number of carbonyl (C=O) groups excluding carboxylic acids is 1. The second-order valence-electron chi connectivity index (χ2n) is 6.62. The summed E-state index contributed by atoms with van der Waals surface area (Å²) in [5.41, 5.74) is 0.877. The van der Waals surface area contributed by atoms with Crippen molar-refractivity contribution in [3.05, 3.63) is 71.3 Å². The third-order valence-corrected chi connectivity index (χ3v) is 4.66. The van der Waals surface area contributed by atoms with Crippen molar-refractivity contribution >= 4 is 5.91 Å². The quantitative estimate of drug-likeness (QED) is 0.887. The molecule has 0 aromatic heterocycles. The monoisotopic (exact) mass is 315 g/mol. The zero-order valence-electron chi connectivity index (χ0n) is 13.1. The predicted molar refractivity (Wildman–Crippen MR) is 85.1 cm³/mol. The Morgan fingerprint density at radius 1 is 1.04 bits per heavy atom. The van der Waals surface area contributed by atoms with Gasteiger partial charge >= 0.3 is 0 Å². The molecule has 1 saturated heterocycles. The van der Waals surface area contributed by atoms with E-state index in [0.29, 0.717) is 12.0 Å². The lowest BCUT2D eigenvalue weighted by molar-refractivity contribution is -0.127. The maximum absolute atomic E-state index is 14.1. The van der Waals surface area contributed by atoms with E-state index in [-0.39, 0.29) is 23.5 Å². The first-order valence-corrected chi connectivity index (χ1v) is 7.70. The number of halogens is 2. The van der Waals surface area contributed by atoms with Gasteiger partial charge in [0, 0.05) is 17.0 Å². The van der Waals surface area contributed by atoms with Gasteiger partial charge in [-0.05, 0) is 44.0 Å². The first kappa shape index (κ1) is 15.7. The van der Waals surface area contributed by atoms with Crippen molar-refractivity contribution < 1.29 is 13.6 Å². The summed E-state index contributed by atoms with van der Waals surface area (Å²) in [5.74, 6) is -1.40. The van der Waals surface area contributed by atoms with Crippen molar-refractivity contribution in [1.29, 1.82) is 0 Å². The zero-order chi connectivity index (χ0) is 16.6. The van der Waals surface area contributed by atoms with E-state index < -0.39 is 11.5 Å². The second kappa shape index (κ2) is 5.76. The van der Waals surface area contributed by atoms with Gasteiger partial charge in [-0.25, -0.2) is 8.78 Å². The fourth-order valence-corrected chi connectivity index (χ4v) is 3.40. The molecule has 1 fully saturated rings. The van der Waals surface area contributed by atoms with E-state index in [9.17, 15) is 13.6 Å². The molecule has 4 heteroatoms. The lowest BCUT2D eigenvalue weighted by atomic mass is 9.71. The number of piperidine rings is 1. The lowest BCUT2D eigenvalue weighted by Crippen LogP contribution is -2.54. The molecule has 2 nitrogen and oxygen atoms in total. The van der Waals surface area contributed by atoms with Gasteiger partial charge in [0.05, 0.1) is 5.92 Å². The van der Waals surface area contributed by atoms with Crippen molar-refractivity contribution in [2.45, 2.75) is 37.6 Å². The molecule has 2 aromatic rings. The van der Waals surface area contributed by atoms with E-state index in [0.717, 1.165) is 5.56 Å². The minimum absolute atomic E-state index is 0.0228. The van der Waals surface area contributed by atoms with Crippen LogP contribution >= 0.6 is 0 Å². The summed E-state index contributed by atoms with van der Waals surface area (Å²) in [6, 6.07) is 12.7. The number of amides is 1. The topological polar surface area (TPSA) is 29.1 Å². The Hall–Kier alpha value is -2.23. The third kappa shape index (κ3) is 2.98. The van der Waals surface area contributed by atoms with Crippen LogP contribution in [0.2, 0.25) is 0 Å². The van der Waals surface area contributed by atoms with Crippen LogP contribution in [0.5, 0.6) is 0 Å². The molecule has 0 unspecified atom stereocenters. The Morgan fingerprint density at radius 3 is 2.35 bits per heavy atom. The summed E-state index contributed by atoms with van der Waals surface area (Å²) < 4.78 is 27.3. The molecule has 120 valence electrons. The van der Waals surface area contributed by atoms with Gasteiger partial charge in [-0.1, -0.05) is 30.3 Å². The van der Waals surface area contributed by atoms with Crippen molar-refractivity contribution in [3.63, 3.8) is 0 Å². The molecular formula is C19H19F2NO. The van der Waals surface area contributed by atoms with Gasteiger partial charge in [-0.15, -0.1) is 0 Å². The van der Waals surface area contributed by atoms with Crippen LogP contribution in [0.4, 0.5) is 8.78 Å². The van der Waals surface area contributed by atoms with Crippen LogP contribution < -0.4 is 5.32 Å². The second-order valence-corrected chi connectivity index (χ2v) is 6.62. The summed E-state index contributed by atoms with van der Waals surface area (Å²) in [4.78, 5) is 12.5. The fourth-order valence-electron chi connectivity index (χ4n) is 3.40. The Balaban J connectivity index is 1.98. The number of nitrogens with one attached hydrogen (secondary N) is 1. The Kier molecular flexibility index (Phi) is 3.92. The van der Waals surface area contributed by atoms with Crippen LogP contribution in [0.15, 0.2) is 48.5 Å². The first-order chi connectivity index (χ1) is 10.9. The fraction of sp³-hybridized carbons (Fsp3) is 0.316. The SMILES string of the molecule is CC1(C)NC(=O)[C@@H](c2ccccc2F)C[C@H]1c1ccc(F)cc1. The molecule has 1 aliphatic heterocycles. The molecule has 3 rings (SSSR count). The smallest absolute Gasteiger partial charge is 0.228 e. The minimum Gasteiger partial charge on any atom is -0.350 e. The van der Waals surface area contributed by atoms with Gasteiger partial charge < -0.3 is 5.32 Å². The van der Waals surface area contributed by atoms with E-state index in [1.165, 1.54) is 18.2 Å². The molecule has 1 heterocycles. The van der Waals surface area contributed by atoms with Crippen LogP contribution in [0.3, 0.4) is 0 Å². The highest BCUT2D eigenvalue weighted by Gasteiger charge is 2.42. The number of carbonyl (C=O) groups is 1. The largest absolute Gasteiger partial charge is 0.350 e. The van der Waals surface area contributed by atoms with Crippen LogP contribution in [-0.2, 0) is 4.79 Å². The molecule has 1 aliphatic rings. The van der Waals surface area contributed by atoms with E-state index in [2.05, 4.69) is 5.32 Å². The normalized spacial score (nSPS) is 23.4. The van der Waals surface area contributed by atoms with Gasteiger partial charge in [-0.2, -0.15) is 0 Å². The van der Waals surface area contributed by atoms with Crippen molar-refractivity contribution in [2.24, 2.45) is 0 Å². The van der Waals surface area contributed by atoms with Gasteiger partial charge in [0.2, 0.25) is 5.91 Å². The highest BCUT2D eigenvalue weighted by Crippen LogP contribution is 2.42. The van der Waals surface area contributed by atoms with E-state index in [1.807, 2.05) is 13.8 Å². The number of hydrogen-bond acceptors (Lipinski definition) is 1. The average Bonchev–Trinajstić information content (AvgIpc) is 2.49. The molecule has 0 aliphatic carbocycles. The molecule has 23 heavy (non-hydrogen) atoms. The average molecular weight is 315 g/mol. The van der Waals surface area contributed by atoms with Gasteiger partial charge in [0.25, 0.3) is 0 Å². The predicted octanol–water partition coefficient (Wildman–Crippen LogP) is 4.13. The van der Waals surface area contributed by atoms with Crippen molar-refractivity contribution in [1.82, 2.24) is 5.32 Å². The van der Waals surface area contributed by atoms with Crippen LogP contribution in [0.25, 0.3) is 0 Å². The molecule has 0 spiro atoms. The summed E-state index contributed by atoms with van der Waals surface area (Å²) in [6.07, 6.45) is 0.491. The Morgan fingerprint density at radius 2 is 1.70 bits per heavy atom. The summed E-state index contributed by atoms with van der Waals surface area (Å²) in [5, 5.41) is 3.00.